The van der Waals surface area contributed by atoms with E-state index in [0.717, 1.165) is 20.3 Å². The van der Waals surface area contributed by atoms with Gasteiger partial charge in [-0.2, -0.15) is 0 Å². The first kappa shape index (κ1) is 42.0. The number of rotatable bonds is 12. The van der Waals surface area contributed by atoms with Crippen LogP contribution in [0, 0.1) is 0 Å². The smallest absolute Gasteiger partial charge is 0.268 e. The van der Waals surface area contributed by atoms with Crippen LogP contribution < -0.4 is 9.44 Å². The molecule has 6 aromatic carbocycles. The molecule has 0 radical (unpaired) electrons. The van der Waals surface area contributed by atoms with E-state index < -0.39 is 40.1 Å². The van der Waals surface area contributed by atoms with E-state index in [1.807, 2.05) is 0 Å². The Balaban J connectivity index is 0.912. The summed E-state index contributed by atoms with van der Waals surface area (Å²) in [6.07, 6.45) is 2.16. The summed E-state index contributed by atoms with van der Waals surface area (Å²) in [6.45, 7) is 0. The standard InChI is InChI=1S/C44H30Cl2N4O9S4/c45-31-13-21-35(22-14-31)62(55,56)49-27-43(37-5-1-3-7-39(37)49)60(51,52)47-33-17-9-29(10-18-33)41-25-26-42(59-41)30-11-19-34(20-12-30)48-61(53,54)44-28-50(40-8-4-2-6-38(40)44)63(57,58)36-23-15-32(46)16-24-36/h1-28,47-48H. The van der Waals surface area contributed by atoms with Crippen LogP contribution in [0.2, 0.25) is 10.0 Å². The summed E-state index contributed by atoms with van der Waals surface area (Å²) in [6, 6.07) is 40.0. The van der Waals surface area contributed by atoms with Gasteiger partial charge in [0.25, 0.3) is 40.1 Å². The molecule has 63 heavy (non-hydrogen) atoms. The summed E-state index contributed by atoms with van der Waals surface area (Å²) in [7, 11) is -16.9. The molecular formula is C44H30Cl2N4O9S4. The van der Waals surface area contributed by atoms with Crippen molar-refractivity contribution in [2.45, 2.75) is 19.6 Å². The molecule has 0 bridgehead atoms. The molecule has 9 aromatic rings. The van der Waals surface area contributed by atoms with Crippen LogP contribution in [0.5, 0.6) is 0 Å². The van der Waals surface area contributed by atoms with Gasteiger partial charge in [0, 0.05) is 55.7 Å². The molecule has 0 aliphatic carbocycles. The number of anilines is 2. The quantitative estimate of drug-likeness (QED) is 0.120. The topological polar surface area (TPSA) is 184 Å². The van der Waals surface area contributed by atoms with Gasteiger partial charge in [-0.05, 0) is 121 Å². The number of para-hydroxylation sites is 2. The van der Waals surface area contributed by atoms with Gasteiger partial charge in [-0.15, -0.1) is 0 Å². The Morgan fingerprint density at radius 3 is 1.13 bits per heavy atom. The number of aromatic nitrogens is 2. The Morgan fingerprint density at radius 1 is 0.413 bits per heavy atom. The molecule has 13 nitrogen and oxygen atoms in total. The van der Waals surface area contributed by atoms with E-state index in [1.165, 1.54) is 72.8 Å². The minimum atomic E-state index is -4.29. The van der Waals surface area contributed by atoms with Crippen molar-refractivity contribution in [3.63, 3.8) is 0 Å². The van der Waals surface area contributed by atoms with Crippen molar-refractivity contribution in [2.75, 3.05) is 9.44 Å². The Hall–Kier alpha value is -6.34. The van der Waals surface area contributed by atoms with Crippen molar-refractivity contribution in [1.29, 1.82) is 0 Å². The van der Waals surface area contributed by atoms with Gasteiger partial charge >= 0.3 is 0 Å². The molecule has 0 saturated heterocycles. The number of furan rings is 1. The van der Waals surface area contributed by atoms with Crippen molar-refractivity contribution in [3.05, 3.63) is 180 Å². The van der Waals surface area contributed by atoms with E-state index in [2.05, 4.69) is 9.44 Å². The lowest BCUT2D eigenvalue weighted by atomic mass is 10.1. The third-order valence-corrected chi connectivity index (χ3v) is 16.7. The molecular weight excluding hydrogens is 928 g/mol. The van der Waals surface area contributed by atoms with Gasteiger partial charge in [0.1, 0.15) is 21.3 Å². The summed E-state index contributed by atoms with van der Waals surface area (Å²) in [5, 5.41) is 1.12. The monoisotopic (exact) mass is 956 g/mol. The highest BCUT2D eigenvalue weighted by Gasteiger charge is 2.29. The number of fused-ring (bicyclic) bond motifs is 2. The number of nitrogens with zero attached hydrogens (tertiary/aromatic N) is 2. The SMILES string of the molecule is O=S(=O)(Nc1ccc(-c2ccc(-c3ccc(NS(=O)(=O)c4cn(S(=O)(=O)c5ccc(Cl)cc5)c5ccccc45)cc3)o2)cc1)c1cn(S(=O)(=O)c2ccc(Cl)cc2)c2ccccc12. The molecule has 3 aromatic heterocycles. The molecule has 0 saturated carbocycles. The van der Waals surface area contributed by atoms with Gasteiger partial charge in [-0.3, -0.25) is 9.44 Å². The molecule has 0 atom stereocenters. The van der Waals surface area contributed by atoms with Crippen LogP contribution in [0.1, 0.15) is 0 Å². The van der Waals surface area contributed by atoms with Gasteiger partial charge < -0.3 is 4.42 Å². The predicted octanol–water partition coefficient (Wildman–Crippen LogP) is 9.91. The van der Waals surface area contributed by atoms with Crippen LogP contribution >= 0.6 is 23.2 Å². The molecule has 318 valence electrons. The van der Waals surface area contributed by atoms with E-state index in [4.69, 9.17) is 27.6 Å². The van der Waals surface area contributed by atoms with Crippen LogP contribution in [-0.4, -0.2) is 41.6 Å². The summed E-state index contributed by atoms with van der Waals surface area (Å²) < 4.78 is 122. The molecule has 3 heterocycles. The van der Waals surface area contributed by atoms with Crippen LogP contribution in [0.4, 0.5) is 11.4 Å². The zero-order chi connectivity index (χ0) is 44.3. The summed E-state index contributed by atoms with van der Waals surface area (Å²) in [5.41, 5.74) is 2.03. The van der Waals surface area contributed by atoms with E-state index in [9.17, 15) is 33.7 Å². The molecule has 9 rings (SSSR count). The third kappa shape index (κ3) is 7.87. The van der Waals surface area contributed by atoms with Crippen molar-refractivity contribution in [3.8, 4) is 22.6 Å². The number of hydrogen-bond acceptors (Lipinski definition) is 9. The van der Waals surface area contributed by atoms with E-state index >= 15 is 0 Å². The van der Waals surface area contributed by atoms with Gasteiger partial charge in [-0.1, -0.05) is 59.6 Å². The first-order valence-electron chi connectivity index (χ1n) is 18.6. The normalized spacial score (nSPS) is 12.5. The lowest BCUT2D eigenvalue weighted by molar-refractivity contribution is 0.586. The number of sulfonamides is 2. The van der Waals surface area contributed by atoms with Gasteiger partial charge in [0.15, 0.2) is 0 Å². The molecule has 19 heteroatoms. The average molecular weight is 958 g/mol. The Kier molecular flexibility index (Phi) is 10.5. The molecule has 0 fully saturated rings. The number of nitrogens with one attached hydrogen (secondary N) is 2. The third-order valence-electron chi connectivity index (χ3n) is 10.1. The van der Waals surface area contributed by atoms with Crippen molar-refractivity contribution in [1.82, 2.24) is 7.94 Å². The van der Waals surface area contributed by atoms with E-state index in [1.54, 1.807) is 84.9 Å². The molecule has 0 aliphatic heterocycles. The highest BCUT2D eigenvalue weighted by molar-refractivity contribution is 7.93. The maximum absolute atomic E-state index is 13.8. The highest BCUT2D eigenvalue weighted by atomic mass is 35.5. The minimum Gasteiger partial charge on any atom is -0.456 e. The van der Waals surface area contributed by atoms with E-state index in [-0.39, 0.29) is 52.8 Å². The van der Waals surface area contributed by atoms with E-state index in [0.29, 0.717) is 32.7 Å². The van der Waals surface area contributed by atoms with Crippen molar-refractivity contribution in [2.24, 2.45) is 0 Å². The summed E-state index contributed by atoms with van der Waals surface area (Å²) in [4.78, 5) is -0.594. The lowest BCUT2D eigenvalue weighted by Gasteiger charge is -2.08. The average Bonchev–Trinajstić information content (AvgIpc) is 4.02. The van der Waals surface area contributed by atoms with Crippen LogP contribution in [0.3, 0.4) is 0 Å². The van der Waals surface area contributed by atoms with Crippen LogP contribution in [-0.2, 0) is 40.1 Å². The fourth-order valence-electron chi connectivity index (χ4n) is 6.98. The minimum absolute atomic E-state index is 0.0631. The molecule has 2 N–H and O–H groups in total. The van der Waals surface area contributed by atoms with Crippen LogP contribution in [0.25, 0.3) is 44.5 Å². The number of halogens is 2. The van der Waals surface area contributed by atoms with Crippen molar-refractivity contribution >= 4 is 96.5 Å². The number of benzene rings is 6. The Morgan fingerprint density at radius 2 is 0.762 bits per heavy atom. The Bertz CT molecular complexity index is 3440. The molecule has 0 amide bonds. The largest absolute Gasteiger partial charge is 0.456 e. The summed E-state index contributed by atoms with van der Waals surface area (Å²) >= 11 is 11.9. The van der Waals surface area contributed by atoms with Gasteiger partial charge in [-0.25, -0.2) is 41.6 Å². The zero-order valence-electron chi connectivity index (χ0n) is 32.1. The first-order valence-corrected chi connectivity index (χ1v) is 25.2. The second-order valence-electron chi connectivity index (χ2n) is 14.1. The van der Waals surface area contributed by atoms with Crippen LogP contribution in [0.15, 0.2) is 194 Å². The first-order chi connectivity index (χ1) is 30.0. The van der Waals surface area contributed by atoms with Gasteiger partial charge in [0.05, 0.1) is 20.8 Å². The zero-order valence-corrected chi connectivity index (χ0v) is 36.9. The number of hydrogen-bond donors (Lipinski definition) is 2. The molecule has 0 spiro atoms. The summed E-state index contributed by atoms with van der Waals surface area (Å²) in [5.74, 6) is 0.925. The van der Waals surface area contributed by atoms with Gasteiger partial charge in [0.2, 0.25) is 0 Å². The fourth-order valence-corrected chi connectivity index (χ4v) is 12.6. The maximum Gasteiger partial charge on any atom is 0.268 e. The predicted molar refractivity (Wildman–Crippen MR) is 243 cm³/mol. The molecule has 0 aliphatic rings. The maximum atomic E-state index is 13.8. The highest BCUT2D eigenvalue weighted by Crippen LogP contribution is 2.35. The Labute approximate surface area is 372 Å². The molecule has 0 unspecified atom stereocenters. The lowest BCUT2D eigenvalue weighted by Crippen LogP contribution is -2.14. The second kappa shape index (κ2) is 15.8. The van der Waals surface area contributed by atoms with Crippen molar-refractivity contribution < 1.29 is 38.1 Å². The fraction of sp³-hybridized carbons (Fsp3) is 0. The second-order valence-corrected chi connectivity index (χ2v) is 21.9.